The van der Waals surface area contributed by atoms with Crippen molar-refractivity contribution in [1.29, 1.82) is 0 Å². The Morgan fingerprint density at radius 1 is 1.40 bits per heavy atom. The Balaban J connectivity index is 2.37. The Bertz CT molecular complexity index is 666. The molecule has 1 unspecified atom stereocenters. The van der Waals surface area contributed by atoms with Crippen molar-refractivity contribution in [3.63, 3.8) is 0 Å². The molecule has 9 heteroatoms. The molecular formula is C11H13N5O4. The van der Waals surface area contributed by atoms with Crippen LogP contribution in [0, 0.1) is 10.1 Å². The number of nitrogens with zero attached hydrogens (tertiary/aromatic N) is 4. The molecule has 0 bridgehead atoms. The summed E-state index contributed by atoms with van der Waals surface area (Å²) < 4.78 is 4.55. The molecule has 0 saturated carbocycles. The Labute approximate surface area is 113 Å². The number of fused-ring (bicyclic) bond motifs is 1. The quantitative estimate of drug-likeness (QED) is 0.656. The number of nitrogens with one attached hydrogen (secondary N) is 1. The van der Waals surface area contributed by atoms with Gasteiger partial charge in [0.25, 0.3) is 0 Å². The first-order chi connectivity index (χ1) is 9.41. The number of carbonyl (C=O) groups excluding carboxylic acids is 1. The van der Waals surface area contributed by atoms with E-state index in [0.29, 0.717) is 5.69 Å². The van der Waals surface area contributed by atoms with Gasteiger partial charge in [0.2, 0.25) is 11.4 Å². The monoisotopic (exact) mass is 279 g/mol. The van der Waals surface area contributed by atoms with Crippen molar-refractivity contribution in [3.8, 4) is 0 Å². The third-order valence-corrected chi connectivity index (χ3v) is 2.77. The normalized spacial score (nSPS) is 12.2. The Kier molecular flexibility index (Phi) is 3.51. The molecule has 0 saturated heterocycles. The molecule has 0 spiro atoms. The number of nitro benzene ring substituents is 1. The smallest absolute Gasteiger partial charge is 0.300 e. The van der Waals surface area contributed by atoms with Crippen molar-refractivity contribution in [3.05, 3.63) is 22.2 Å². The minimum atomic E-state index is -0.565. The molecule has 2 rings (SSSR count). The SMILES string of the molecule is CC(Nc1ccc([N+](=O)[O-])c2nonc12)C(=O)N(C)C. The van der Waals surface area contributed by atoms with Crippen LogP contribution < -0.4 is 5.32 Å². The maximum atomic E-state index is 11.8. The van der Waals surface area contributed by atoms with Crippen LogP contribution in [0.1, 0.15) is 6.92 Å². The van der Waals surface area contributed by atoms with Crippen molar-refractivity contribution in [1.82, 2.24) is 15.2 Å². The van der Waals surface area contributed by atoms with Crippen molar-refractivity contribution in [2.24, 2.45) is 0 Å². The van der Waals surface area contributed by atoms with Gasteiger partial charge in [0.15, 0.2) is 5.52 Å². The number of non-ortho nitro benzene ring substituents is 1. The molecular weight excluding hydrogens is 266 g/mol. The average Bonchev–Trinajstić information content (AvgIpc) is 2.86. The van der Waals surface area contributed by atoms with Gasteiger partial charge in [0.1, 0.15) is 6.04 Å². The maximum absolute atomic E-state index is 11.8. The highest BCUT2D eigenvalue weighted by molar-refractivity contribution is 5.95. The van der Waals surface area contributed by atoms with E-state index in [9.17, 15) is 14.9 Å². The van der Waals surface area contributed by atoms with Gasteiger partial charge in [-0.3, -0.25) is 14.9 Å². The topological polar surface area (TPSA) is 114 Å². The summed E-state index contributed by atoms with van der Waals surface area (Å²) in [5.41, 5.74) is 0.523. The lowest BCUT2D eigenvalue weighted by molar-refractivity contribution is -0.383. The molecule has 0 fully saturated rings. The largest absolute Gasteiger partial charge is 0.372 e. The number of carbonyl (C=O) groups is 1. The second-order valence-electron chi connectivity index (χ2n) is 4.45. The van der Waals surface area contributed by atoms with Crippen molar-refractivity contribution in [2.75, 3.05) is 19.4 Å². The number of nitro groups is 1. The summed E-state index contributed by atoms with van der Waals surface area (Å²) in [5, 5.41) is 21.0. The number of rotatable bonds is 4. The minimum absolute atomic E-state index is 0.0458. The van der Waals surface area contributed by atoms with Gasteiger partial charge in [-0.2, -0.15) is 0 Å². The number of likely N-dealkylation sites (N-methyl/N-ethyl adjacent to an activating group) is 1. The first-order valence-corrected chi connectivity index (χ1v) is 5.79. The van der Waals surface area contributed by atoms with Crippen LogP contribution in [0.4, 0.5) is 11.4 Å². The van der Waals surface area contributed by atoms with Crippen LogP contribution in [0.2, 0.25) is 0 Å². The average molecular weight is 279 g/mol. The zero-order valence-corrected chi connectivity index (χ0v) is 11.2. The Hall–Kier alpha value is -2.71. The highest BCUT2D eigenvalue weighted by atomic mass is 16.6. The lowest BCUT2D eigenvalue weighted by atomic mass is 10.2. The summed E-state index contributed by atoms with van der Waals surface area (Å²) in [4.78, 5) is 23.5. The van der Waals surface area contributed by atoms with E-state index in [1.165, 1.54) is 17.0 Å². The molecule has 0 aliphatic heterocycles. The number of benzene rings is 1. The molecule has 2 aromatic rings. The number of anilines is 1. The molecule has 1 N–H and O–H groups in total. The fraction of sp³-hybridized carbons (Fsp3) is 0.364. The number of hydrogen-bond acceptors (Lipinski definition) is 7. The van der Waals surface area contributed by atoms with Crippen LogP contribution in [-0.4, -0.2) is 46.2 Å². The van der Waals surface area contributed by atoms with Crippen LogP contribution in [0.15, 0.2) is 16.8 Å². The second-order valence-corrected chi connectivity index (χ2v) is 4.45. The van der Waals surface area contributed by atoms with Crippen molar-refractivity contribution in [2.45, 2.75) is 13.0 Å². The van der Waals surface area contributed by atoms with E-state index in [4.69, 9.17) is 0 Å². The molecule has 0 aliphatic carbocycles. The van der Waals surface area contributed by atoms with E-state index >= 15 is 0 Å². The van der Waals surface area contributed by atoms with Gasteiger partial charge >= 0.3 is 5.69 Å². The fourth-order valence-corrected chi connectivity index (χ4v) is 1.80. The zero-order valence-electron chi connectivity index (χ0n) is 11.2. The zero-order chi connectivity index (χ0) is 14.9. The molecule has 0 aliphatic rings. The van der Waals surface area contributed by atoms with Crippen LogP contribution in [-0.2, 0) is 4.79 Å². The molecule has 1 atom stereocenters. The summed E-state index contributed by atoms with van der Waals surface area (Å²) in [5.74, 6) is -0.132. The molecule has 1 aromatic carbocycles. The summed E-state index contributed by atoms with van der Waals surface area (Å²) >= 11 is 0. The first kappa shape index (κ1) is 13.7. The van der Waals surface area contributed by atoms with E-state index in [-0.39, 0.29) is 22.6 Å². The third kappa shape index (κ3) is 2.37. The van der Waals surface area contributed by atoms with Crippen molar-refractivity contribution >= 4 is 28.3 Å². The molecule has 20 heavy (non-hydrogen) atoms. The summed E-state index contributed by atoms with van der Waals surface area (Å²) in [7, 11) is 3.28. The van der Waals surface area contributed by atoms with E-state index < -0.39 is 11.0 Å². The van der Waals surface area contributed by atoms with Gasteiger partial charge < -0.3 is 10.2 Å². The van der Waals surface area contributed by atoms with Crippen LogP contribution in [0.3, 0.4) is 0 Å². The first-order valence-electron chi connectivity index (χ1n) is 5.79. The van der Waals surface area contributed by atoms with Gasteiger partial charge in [0, 0.05) is 20.2 Å². The molecule has 9 nitrogen and oxygen atoms in total. The van der Waals surface area contributed by atoms with Gasteiger partial charge in [-0.1, -0.05) is 0 Å². The van der Waals surface area contributed by atoms with E-state index in [1.807, 2.05) is 0 Å². The number of amides is 1. The number of hydrogen-bond donors (Lipinski definition) is 1. The van der Waals surface area contributed by atoms with Crippen molar-refractivity contribution < 1.29 is 14.3 Å². The predicted molar refractivity (Wildman–Crippen MR) is 70.2 cm³/mol. The van der Waals surface area contributed by atoms with Crippen LogP contribution in [0.25, 0.3) is 11.0 Å². The maximum Gasteiger partial charge on any atom is 0.300 e. The molecule has 1 heterocycles. The predicted octanol–water partition coefficient (Wildman–Crippen LogP) is 1.02. The van der Waals surface area contributed by atoms with Gasteiger partial charge in [0.05, 0.1) is 10.6 Å². The van der Waals surface area contributed by atoms with E-state index in [0.717, 1.165) is 0 Å². The Morgan fingerprint density at radius 3 is 2.65 bits per heavy atom. The van der Waals surface area contributed by atoms with Crippen LogP contribution in [0.5, 0.6) is 0 Å². The molecule has 1 amide bonds. The lowest BCUT2D eigenvalue weighted by Crippen LogP contribution is -2.36. The highest BCUT2D eigenvalue weighted by Gasteiger charge is 2.22. The van der Waals surface area contributed by atoms with E-state index in [1.54, 1.807) is 21.0 Å². The van der Waals surface area contributed by atoms with Gasteiger partial charge in [-0.15, -0.1) is 0 Å². The second kappa shape index (κ2) is 5.11. The standard InChI is InChI=1S/C11H13N5O4/c1-6(11(17)15(2)3)12-7-4-5-8(16(18)19)10-9(7)13-20-14-10/h4-6,12H,1-3H3. The lowest BCUT2D eigenvalue weighted by Gasteiger charge is -2.18. The van der Waals surface area contributed by atoms with E-state index in [2.05, 4.69) is 20.3 Å². The summed E-state index contributed by atoms with van der Waals surface area (Å²) in [6, 6.07) is 2.26. The summed E-state index contributed by atoms with van der Waals surface area (Å²) in [6.07, 6.45) is 0. The third-order valence-electron chi connectivity index (χ3n) is 2.77. The van der Waals surface area contributed by atoms with Gasteiger partial charge in [-0.05, 0) is 23.3 Å². The van der Waals surface area contributed by atoms with Crippen LogP contribution >= 0.6 is 0 Å². The molecule has 1 aromatic heterocycles. The number of aromatic nitrogens is 2. The molecule has 0 radical (unpaired) electrons. The minimum Gasteiger partial charge on any atom is -0.372 e. The summed E-state index contributed by atoms with van der Waals surface area (Å²) in [6.45, 7) is 1.68. The van der Waals surface area contributed by atoms with Gasteiger partial charge in [-0.25, -0.2) is 4.63 Å². The molecule has 106 valence electrons. The highest BCUT2D eigenvalue weighted by Crippen LogP contribution is 2.29. The Morgan fingerprint density at radius 2 is 2.05 bits per heavy atom. The fourth-order valence-electron chi connectivity index (χ4n) is 1.80.